The minimum Gasteiger partial charge on any atom is -0.312 e. The Bertz CT molecular complexity index is 241. The average molecular weight is 250 g/mol. The molecule has 2 saturated carbocycles. The van der Waals surface area contributed by atoms with Crippen molar-refractivity contribution in [2.45, 2.75) is 76.3 Å². The lowest BCUT2D eigenvalue weighted by Crippen LogP contribution is -2.49. The fourth-order valence-electron chi connectivity index (χ4n) is 4.32. The molecule has 104 valence electrons. The first-order valence-electron chi connectivity index (χ1n) is 8.39. The van der Waals surface area contributed by atoms with Crippen LogP contribution < -0.4 is 5.32 Å². The summed E-state index contributed by atoms with van der Waals surface area (Å²) in [6.07, 6.45) is 14.6. The predicted octanol–water partition coefficient (Wildman–Crippen LogP) is 3.17. The first-order chi connectivity index (χ1) is 8.92. The minimum atomic E-state index is 0.792. The van der Waals surface area contributed by atoms with E-state index in [1.165, 1.54) is 83.8 Å². The van der Waals surface area contributed by atoms with Crippen molar-refractivity contribution in [2.24, 2.45) is 5.92 Å². The number of hydrogen-bond donors (Lipinski definition) is 1. The maximum atomic E-state index is 3.88. The molecule has 2 aliphatic carbocycles. The van der Waals surface area contributed by atoms with Crippen LogP contribution in [-0.2, 0) is 0 Å². The molecule has 2 nitrogen and oxygen atoms in total. The van der Waals surface area contributed by atoms with Gasteiger partial charge in [-0.2, -0.15) is 0 Å². The second kappa shape index (κ2) is 6.38. The highest BCUT2D eigenvalue weighted by atomic mass is 15.2. The van der Waals surface area contributed by atoms with E-state index in [2.05, 4.69) is 10.2 Å². The smallest absolute Gasteiger partial charge is 0.0195 e. The Kier molecular flexibility index (Phi) is 4.58. The highest BCUT2D eigenvalue weighted by Gasteiger charge is 2.28. The zero-order chi connectivity index (χ0) is 12.2. The average Bonchev–Trinajstić information content (AvgIpc) is 3.10. The molecule has 1 unspecified atom stereocenters. The van der Waals surface area contributed by atoms with Crippen molar-refractivity contribution < 1.29 is 0 Å². The summed E-state index contributed by atoms with van der Waals surface area (Å²) in [5.41, 5.74) is 0. The van der Waals surface area contributed by atoms with Crippen LogP contribution in [0.3, 0.4) is 0 Å². The van der Waals surface area contributed by atoms with Crippen molar-refractivity contribution in [1.82, 2.24) is 10.2 Å². The maximum Gasteiger partial charge on any atom is 0.0195 e. The van der Waals surface area contributed by atoms with E-state index in [-0.39, 0.29) is 0 Å². The summed E-state index contributed by atoms with van der Waals surface area (Å²) in [7, 11) is 0. The standard InChI is InChI=1S/C16H30N2/c1-2-7-14(6-1)12-17-15-8-5-11-18(13-15)16-9-3-4-10-16/h14-17H,1-13H2. The topological polar surface area (TPSA) is 15.3 Å². The Morgan fingerprint density at radius 2 is 1.56 bits per heavy atom. The van der Waals surface area contributed by atoms with E-state index in [9.17, 15) is 0 Å². The molecule has 0 aromatic carbocycles. The zero-order valence-corrected chi connectivity index (χ0v) is 11.9. The van der Waals surface area contributed by atoms with Crippen LogP contribution in [0, 0.1) is 5.92 Å². The van der Waals surface area contributed by atoms with Gasteiger partial charge in [0.1, 0.15) is 0 Å². The van der Waals surface area contributed by atoms with Crippen molar-refractivity contribution >= 4 is 0 Å². The van der Waals surface area contributed by atoms with Gasteiger partial charge in [-0.3, -0.25) is 4.90 Å². The first kappa shape index (κ1) is 12.9. The van der Waals surface area contributed by atoms with Gasteiger partial charge in [0, 0.05) is 18.6 Å². The molecule has 0 amide bonds. The van der Waals surface area contributed by atoms with Crippen LogP contribution >= 0.6 is 0 Å². The summed E-state index contributed by atoms with van der Waals surface area (Å²) in [6.45, 7) is 3.99. The predicted molar refractivity (Wildman–Crippen MR) is 76.8 cm³/mol. The molecule has 0 spiro atoms. The van der Waals surface area contributed by atoms with E-state index in [0.717, 1.165) is 18.0 Å². The third-order valence-corrected chi connectivity index (χ3v) is 5.46. The first-order valence-corrected chi connectivity index (χ1v) is 8.39. The van der Waals surface area contributed by atoms with Gasteiger partial charge in [0.05, 0.1) is 0 Å². The molecule has 3 aliphatic rings. The molecular weight excluding hydrogens is 220 g/mol. The van der Waals surface area contributed by atoms with Crippen LogP contribution in [0.2, 0.25) is 0 Å². The lowest BCUT2D eigenvalue weighted by atomic mass is 10.0. The largest absolute Gasteiger partial charge is 0.312 e. The molecule has 0 radical (unpaired) electrons. The molecule has 1 N–H and O–H groups in total. The lowest BCUT2D eigenvalue weighted by Gasteiger charge is -2.37. The summed E-state index contributed by atoms with van der Waals surface area (Å²) in [5, 5.41) is 3.88. The Hall–Kier alpha value is -0.0800. The van der Waals surface area contributed by atoms with Gasteiger partial charge in [-0.15, -0.1) is 0 Å². The van der Waals surface area contributed by atoms with Gasteiger partial charge < -0.3 is 5.32 Å². The summed E-state index contributed by atoms with van der Waals surface area (Å²) in [4.78, 5) is 2.79. The Balaban J connectivity index is 1.41. The number of nitrogens with one attached hydrogen (secondary N) is 1. The summed E-state index contributed by atoms with van der Waals surface area (Å²) in [5.74, 6) is 0.992. The van der Waals surface area contributed by atoms with Gasteiger partial charge in [-0.1, -0.05) is 25.7 Å². The van der Waals surface area contributed by atoms with Crippen molar-refractivity contribution in [2.75, 3.05) is 19.6 Å². The summed E-state index contributed by atoms with van der Waals surface area (Å²) in [6, 6.07) is 1.72. The summed E-state index contributed by atoms with van der Waals surface area (Å²) >= 11 is 0. The van der Waals surface area contributed by atoms with Gasteiger partial charge >= 0.3 is 0 Å². The molecule has 1 saturated heterocycles. The molecular formula is C16H30N2. The molecule has 3 rings (SSSR count). The maximum absolute atomic E-state index is 3.88. The minimum absolute atomic E-state index is 0.792. The second-order valence-electron chi connectivity index (χ2n) is 6.83. The Morgan fingerprint density at radius 3 is 2.33 bits per heavy atom. The van der Waals surface area contributed by atoms with Gasteiger partial charge in [-0.25, -0.2) is 0 Å². The van der Waals surface area contributed by atoms with E-state index < -0.39 is 0 Å². The van der Waals surface area contributed by atoms with Gasteiger partial charge in [0.25, 0.3) is 0 Å². The molecule has 1 heterocycles. The van der Waals surface area contributed by atoms with Crippen LogP contribution in [-0.4, -0.2) is 36.6 Å². The molecule has 3 fully saturated rings. The van der Waals surface area contributed by atoms with Gasteiger partial charge in [0.2, 0.25) is 0 Å². The molecule has 2 heteroatoms. The Morgan fingerprint density at radius 1 is 0.833 bits per heavy atom. The van der Waals surface area contributed by atoms with Crippen molar-refractivity contribution in [3.8, 4) is 0 Å². The summed E-state index contributed by atoms with van der Waals surface area (Å²) < 4.78 is 0. The molecule has 0 bridgehead atoms. The van der Waals surface area contributed by atoms with Gasteiger partial charge in [-0.05, 0) is 57.5 Å². The SMILES string of the molecule is C1CCC(CNC2CCCN(C3CCCC3)C2)C1. The van der Waals surface area contributed by atoms with E-state index in [4.69, 9.17) is 0 Å². The number of rotatable bonds is 4. The molecule has 1 aliphatic heterocycles. The van der Waals surface area contributed by atoms with Crippen LogP contribution in [0.15, 0.2) is 0 Å². The van der Waals surface area contributed by atoms with Crippen LogP contribution in [0.5, 0.6) is 0 Å². The van der Waals surface area contributed by atoms with Crippen molar-refractivity contribution in [3.63, 3.8) is 0 Å². The van der Waals surface area contributed by atoms with Crippen LogP contribution in [0.25, 0.3) is 0 Å². The van der Waals surface area contributed by atoms with E-state index in [0.29, 0.717) is 0 Å². The van der Waals surface area contributed by atoms with Crippen molar-refractivity contribution in [3.05, 3.63) is 0 Å². The van der Waals surface area contributed by atoms with Crippen LogP contribution in [0.4, 0.5) is 0 Å². The number of piperidine rings is 1. The highest BCUT2D eigenvalue weighted by molar-refractivity contribution is 4.85. The van der Waals surface area contributed by atoms with E-state index in [1.807, 2.05) is 0 Å². The number of likely N-dealkylation sites (tertiary alicyclic amines) is 1. The quantitative estimate of drug-likeness (QED) is 0.824. The number of nitrogens with zero attached hydrogens (tertiary/aromatic N) is 1. The molecule has 18 heavy (non-hydrogen) atoms. The second-order valence-corrected chi connectivity index (χ2v) is 6.83. The van der Waals surface area contributed by atoms with Crippen LogP contribution in [0.1, 0.15) is 64.2 Å². The molecule has 1 atom stereocenters. The molecule has 0 aromatic rings. The lowest BCUT2D eigenvalue weighted by molar-refractivity contribution is 0.137. The fraction of sp³-hybridized carbons (Fsp3) is 1.00. The third kappa shape index (κ3) is 3.27. The number of hydrogen-bond acceptors (Lipinski definition) is 2. The highest BCUT2D eigenvalue weighted by Crippen LogP contribution is 2.27. The Labute approximate surface area is 113 Å². The third-order valence-electron chi connectivity index (χ3n) is 5.46. The molecule has 0 aromatic heterocycles. The fourth-order valence-corrected chi connectivity index (χ4v) is 4.32. The zero-order valence-electron chi connectivity index (χ0n) is 11.9. The van der Waals surface area contributed by atoms with E-state index in [1.54, 1.807) is 0 Å². The normalized spacial score (nSPS) is 32.3. The van der Waals surface area contributed by atoms with Crippen molar-refractivity contribution in [1.29, 1.82) is 0 Å². The monoisotopic (exact) mass is 250 g/mol. The van der Waals surface area contributed by atoms with E-state index >= 15 is 0 Å². The van der Waals surface area contributed by atoms with Gasteiger partial charge in [0.15, 0.2) is 0 Å².